The zero-order valence-corrected chi connectivity index (χ0v) is 20.7. The van der Waals surface area contributed by atoms with Gasteiger partial charge in [0.25, 0.3) is 0 Å². The molecule has 190 valence electrons. The third-order valence-corrected chi connectivity index (χ3v) is 4.53. The van der Waals surface area contributed by atoms with Crippen molar-refractivity contribution in [3.05, 3.63) is 35.9 Å². The van der Waals surface area contributed by atoms with Crippen molar-refractivity contribution in [2.45, 2.75) is 78.2 Å². The highest BCUT2D eigenvalue weighted by Gasteiger charge is 2.27. The van der Waals surface area contributed by atoms with Gasteiger partial charge in [-0.15, -0.1) is 0 Å². The highest BCUT2D eigenvalue weighted by Crippen LogP contribution is 2.09. The average molecular weight is 479 g/mol. The summed E-state index contributed by atoms with van der Waals surface area (Å²) in [5.74, 6) is -1.08. The number of primary amides is 1. The van der Waals surface area contributed by atoms with E-state index in [4.69, 9.17) is 15.2 Å². The zero-order valence-electron chi connectivity index (χ0n) is 20.7. The van der Waals surface area contributed by atoms with Gasteiger partial charge in [0, 0.05) is 6.54 Å². The maximum atomic E-state index is 12.8. The number of ether oxygens (including phenoxy) is 2. The van der Waals surface area contributed by atoms with E-state index in [0.717, 1.165) is 5.56 Å². The molecule has 0 aromatic heterocycles. The third kappa shape index (κ3) is 12.7. The number of alkyl carbamates (subject to hydrolysis) is 2. The summed E-state index contributed by atoms with van der Waals surface area (Å²) in [5.41, 5.74) is 5.53. The quantitative estimate of drug-likeness (QED) is 0.339. The Morgan fingerprint density at radius 3 is 2.18 bits per heavy atom. The Balaban J connectivity index is 2.63. The molecular formula is C24H38N4O6. The van der Waals surface area contributed by atoms with Crippen molar-refractivity contribution in [3.63, 3.8) is 0 Å². The van der Waals surface area contributed by atoms with E-state index >= 15 is 0 Å². The van der Waals surface area contributed by atoms with Gasteiger partial charge in [0.05, 0.1) is 0 Å². The molecule has 10 nitrogen and oxygen atoms in total. The lowest BCUT2D eigenvalue weighted by atomic mass is 10.0. The molecule has 0 aliphatic carbocycles. The van der Waals surface area contributed by atoms with E-state index in [1.54, 1.807) is 20.8 Å². The molecule has 0 aliphatic heterocycles. The molecule has 0 radical (unpaired) electrons. The second kappa shape index (κ2) is 14.1. The Morgan fingerprint density at radius 2 is 1.62 bits per heavy atom. The van der Waals surface area contributed by atoms with Gasteiger partial charge >= 0.3 is 12.2 Å². The van der Waals surface area contributed by atoms with E-state index in [0.29, 0.717) is 12.8 Å². The van der Waals surface area contributed by atoms with E-state index in [9.17, 15) is 19.2 Å². The molecule has 1 rings (SSSR count). The van der Waals surface area contributed by atoms with Gasteiger partial charge < -0.3 is 31.2 Å². The smallest absolute Gasteiger partial charge is 0.408 e. The van der Waals surface area contributed by atoms with Crippen LogP contribution in [0.1, 0.15) is 59.4 Å². The van der Waals surface area contributed by atoms with Crippen LogP contribution in [-0.2, 0) is 25.7 Å². The molecule has 0 heterocycles. The van der Waals surface area contributed by atoms with Crippen molar-refractivity contribution < 1.29 is 28.7 Å². The van der Waals surface area contributed by atoms with Gasteiger partial charge in [0.2, 0.25) is 11.8 Å². The molecule has 34 heavy (non-hydrogen) atoms. The summed E-state index contributed by atoms with van der Waals surface area (Å²) in [7, 11) is 0. The summed E-state index contributed by atoms with van der Waals surface area (Å²) in [6, 6.07) is 7.42. The summed E-state index contributed by atoms with van der Waals surface area (Å²) in [6.45, 7) is 9.29. The van der Waals surface area contributed by atoms with Crippen molar-refractivity contribution in [2.75, 3.05) is 6.54 Å². The number of benzene rings is 1. The highest BCUT2D eigenvalue weighted by molar-refractivity contribution is 5.90. The van der Waals surface area contributed by atoms with Gasteiger partial charge in [-0.05, 0) is 51.5 Å². The minimum Gasteiger partial charge on any atom is -0.445 e. The fourth-order valence-electron chi connectivity index (χ4n) is 2.98. The maximum Gasteiger partial charge on any atom is 0.408 e. The van der Waals surface area contributed by atoms with E-state index in [-0.39, 0.29) is 25.5 Å². The van der Waals surface area contributed by atoms with Crippen molar-refractivity contribution >= 4 is 24.0 Å². The predicted octanol–water partition coefficient (Wildman–Crippen LogP) is 2.60. The van der Waals surface area contributed by atoms with Gasteiger partial charge in [-0.2, -0.15) is 0 Å². The number of amides is 4. The van der Waals surface area contributed by atoms with E-state index in [1.807, 2.05) is 44.2 Å². The summed E-state index contributed by atoms with van der Waals surface area (Å²) in [5, 5.41) is 7.76. The molecule has 0 fully saturated rings. The average Bonchev–Trinajstić information content (AvgIpc) is 2.72. The Morgan fingerprint density at radius 1 is 0.971 bits per heavy atom. The number of hydrogen-bond acceptors (Lipinski definition) is 6. The topological polar surface area (TPSA) is 149 Å². The summed E-state index contributed by atoms with van der Waals surface area (Å²) < 4.78 is 10.4. The van der Waals surface area contributed by atoms with Crippen LogP contribution in [0.4, 0.5) is 9.59 Å². The van der Waals surface area contributed by atoms with Crippen LogP contribution in [0, 0.1) is 5.92 Å². The van der Waals surface area contributed by atoms with Crippen LogP contribution in [0.3, 0.4) is 0 Å². The Bertz CT molecular complexity index is 807. The lowest BCUT2D eigenvalue weighted by Gasteiger charge is -2.25. The monoisotopic (exact) mass is 478 g/mol. The predicted molar refractivity (Wildman–Crippen MR) is 128 cm³/mol. The van der Waals surface area contributed by atoms with Crippen molar-refractivity contribution in [1.82, 2.24) is 16.0 Å². The van der Waals surface area contributed by atoms with Crippen molar-refractivity contribution in [1.29, 1.82) is 0 Å². The number of hydrogen-bond donors (Lipinski definition) is 4. The number of carbonyl (C=O) groups excluding carboxylic acids is 4. The molecule has 0 bridgehead atoms. The molecule has 0 spiro atoms. The molecular weight excluding hydrogens is 440 g/mol. The van der Waals surface area contributed by atoms with Crippen LogP contribution in [0.25, 0.3) is 0 Å². The minimum absolute atomic E-state index is 0.126. The van der Waals surface area contributed by atoms with E-state index in [2.05, 4.69) is 16.0 Å². The lowest BCUT2D eigenvalue weighted by Crippen LogP contribution is -2.53. The first-order valence-electron chi connectivity index (χ1n) is 11.4. The molecule has 5 N–H and O–H groups in total. The second-order valence-electron chi connectivity index (χ2n) is 9.42. The van der Waals surface area contributed by atoms with Gasteiger partial charge in [0.1, 0.15) is 24.3 Å². The van der Waals surface area contributed by atoms with Gasteiger partial charge in [0.15, 0.2) is 0 Å². The molecule has 1 aromatic carbocycles. The van der Waals surface area contributed by atoms with Crippen LogP contribution in [0.5, 0.6) is 0 Å². The van der Waals surface area contributed by atoms with Gasteiger partial charge in [-0.25, -0.2) is 9.59 Å². The zero-order chi connectivity index (χ0) is 25.7. The van der Waals surface area contributed by atoms with Crippen LogP contribution in [0.15, 0.2) is 30.3 Å². The number of carbonyl (C=O) groups is 4. The summed E-state index contributed by atoms with van der Waals surface area (Å²) >= 11 is 0. The SMILES string of the molecule is CC(C)C[C@@H](NC(=O)[C@H](CCCNC(=O)OCc1ccccc1)NC(=O)OC(C)(C)C)C(N)=O. The third-order valence-electron chi connectivity index (χ3n) is 4.53. The molecule has 0 unspecified atom stereocenters. The Hall–Kier alpha value is -3.30. The second-order valence-corrected chi connectivity index (χ2v) is 9.42. The number of rotatable bonds is 12. The number of nitrogens with one attached hydrogen (secondary N) is 3. The molecule has 2 atom stereocenters. The standard InChI is InChI=1S/C24H38N4O6/c1-16(2)14-19(20(25)29)27-21(30)18(28-23(32)34-24(3,4)5)12-9-13-26-22(31)33-15-17-10-7-6-8-11-17/h6-8,10-11,16,18-19H,9,12-15H2,1-5H3,(H2,25,29)(H,26,31)(H,27,30)(H,28,32)/t18-,19+/m0/s1. The molecule has 1 aromatic rings. The summed E-state index contributed by atoms with van der Waals surface area (Å²) in [6.07, 6.45) is -0.426. The summed E-state index contributed by atoms with van der Waals surface area (Å²) in [4.78, 5) is 48.7. The van der Waals surface area contributed by atoms with E-state index in [1.165, 1.54) is 0 Å². The largest absolute Gasteiger partial charge is 0.445 e. The lowest BCUT2D eigenvalue weighted by molar-refractivity contribution is -0.129. The first-order valence-corrected chi connectivity index (χ1v) is 11.4. The fourth-order valence-corrected chi connectivity index (χ4v) is 2.98. The molecule has 0 aliphatic rings. The molecule has 10 heteroatoms. The molecule has 4 amide bonds. The van der Waals surface area contributed by atoms with E-state index < -0.39 is 41.7 Å². The maximum absolute atomic E-state index is 12.8. The van der Waals surface area contributed by atoms with Crippen LogP contribution in [-0.4, -0.2) is 48.2 Å². The Kier molecular flexibility index (Phi) is 11.9. The first kappa shape index (κ1) is 28.7. The van der Waals surface area contributed by atoms with Gasteiger partial charge in [-0.3, -0.25) is 9.59 Å². The first-order chi connectivity index (χ1) is 15.9. The van der Waals surface area contributed by atoms with Crippen LogP contribution < -0.4 is 21.7 Å². The highest BCUT2D eigenvalue weighted by atomic mass is 16.6. The minimum atomic E-state index is -0.981. The molecule has 0 saturated heterocycles. The molecule has 0 saturated carbocycles. The van der Waals surface area contributed by atoms with Crippen LogP contribution in [0.2, 0.25) is 0 Å². The normalized spacial score (nSPS) is 12.9. The van der Waals surface area contributed by atoms with Crippen molar-refractivity contribution in [3.8, 4) is 0 Å². The van der Waals surface area contributed by atoms with Crippen molar-refractivity contribution in [2.24, 2.45) is 11.7 Å². The van der Waals surface area contributed by atoms with Crippen LogP contribution >= 0.6 is 0 Å². The number of nitrogens with two attached hydrogens (primary N) is 1. The van der Waals surface area contributed by atoms with Gasteiger partial charge in [-0.1, -0.05) is 44.2 Å². The Labute approximate surface area is 201 Å². The fraction of sp³-hybridized carbons (Fsp3) is 0.583.